The Bertz CT molecular complexity index is 499. The molecule has 0 radical (unpaired) electrons. The summed E-state index contributed by atoms with van der Waals surface area (Å²) in [6, 6.07) is 3.38. The second-order valence-electron chi connectivity index (χ2n) is 4.41. The summed E-state index contributed by atoms with van der Waals surface area (Å²) in [6.07, 6.45) is 1.66. The minimum atomic E-state index is -2.85. The summed E-state index contributed by atoms with van der Waals surface area (Å²) in [5, 5.41) is 0. The molecule has 0 N–H and O–H groups in total. The molecule has 0 fully saturated rings. The minimum absolute atomic E-state index is 0.172. The highest BCUT2D eigenvalue weighted by Crippen LogP contribution is 2.27. The number of alkyl halides is 2. The predicted octanol–water partition coefficient (Wildman–Crippen LogP) is 3.87. The number of aryl methyl sites for hydroxylation is 2. The molecule has 0 unspecified atom stereocenters. The first-order valence-corrected chi connectivity index (χ1v) is 6.26. The van der Waals surface area contributed by atoms with Gasteiger partial charge in [0.2, 0.25) is 0 Å². The zero-order chi connectivity index (χ0) is 15.3. The van der Waals surface area contributed by atoms with E-state index >= 15 is 0 Å². The molecule has 0 aliphatic carbocycles. The maximum atomic E-state index is 12.3. The zero-order valence-electron chi connectivity index (χ0n) is 12.0. The van der Waals surface area contributed by atoms with Crippen molar-refractivity contribution in [2.75, 3.05) is 6.61 Å². The molecule has 1 aromatic rings. The minimum Gasteiger partial charge on any atom is -0.463 e. The molecule has 0 atom stereocenters. The van der Waals surface area contributed by atoms with Crippen molar-refractivity contribution < 1.29 is 23.0 Å². The van der Waals surface area contributed by atoms with Gasteiger partial charge in [0.1, 0.15) is 5.75 Å². The van der Waals surface area contributed by atoms with E-state index in [0.717, 1.165) is 5.56 Å². The van der Waals surface area contributed by atoms with Crippen molar-refractivity contribution in [2.24, 2.45) is 0 Å². The summed E-state index contributed by atoms with van der Waals surface area (Å²) in [4.78, 5) is 11.5. The molecule has 1 aromatic carbocycles. The van der Waals surface area contributed by atoms with Crippen molar-refractivity contribution in [1.82, 2.24) is 0 Å². The lowest BCUT2D eigenvalue weighted by Crippen LogP contribution is -2.06. The molecule has 0 saturated heterocycles. The monoisotopic (exact) mass is 284 g/mol. The van der Waals surface area contributed by atoms with E-state index < -0.39 is 12.6 Å². The van der Waals surface area contributed by atoms with Gasteiger partial charge < -0.3 is 9.47 Å². The summed E-state index contributed by atoms with van der Waals surface area (Å²) >= 11 is 0. The summed E-state index contributed by atoms with van der Waals surface area (Å²) in [5.74, 6) is -0.221. The Kier molecular flexibility index (Phi) is 5.67. The molecule has 0 amide bonds. The van der Waals surface area contributed by atoms with Crippen LogP contribution in [0.3, 0.4) is 0 Å². The predicted molar refractivity (Wildman–Crippen MR) is 72.8 cm³/mol. The van der Waals surface area contributed by atoms with E-state index in [1.165, 1.54) is 0 Å². The van der Waals surface area contributed by atoms with Crippen LogP contribution in [0.15, 0.2) is 17.7 Å². The third kappa shape index (κ3) is 4.33. The first kappa shape index (κ1) is 16.1. The fourth-order valence-corrected chi connectivity index (χ4v) is 1.90. The molecular formula is C15H18F2O3. The van der Waals surface area contributed by atoms with Crippen LogP contribution >= 0.6 is 0 Å². The Balaban J connectivity index is 3.05. The molecule has 20 heavy (non-hydrogen) atoms. The van der Waals surface area contributed by atoms with E-state index in [2.05, 4.69) is 4.74 Å². The topological polar surface area (TPSA) is 35.5 Å². The first-order valence-electron chi connectivity index (χ1n) is 6.26. The van der Waals surface area contributed by atoms with E-state index in [9.17, 15) is 13.6 Å². The van der Waals surface area contributed by atoms with Gasteiger partial charge in [0.05, 0.1) is 6.61 Å². The molecule has 0 saturated carbocycles. The quantitative estimate of drug-likeness (QED) is 0.608. The number of hydrogen-bond acceptors (Lipinski definition) is 3. The van der Waals surface area contributed by atoms with E-state index in [1.807, 2.05) is 0 Å². The van der Waals surface area contributed by atoms with Gasteiger partial charge in [0, 0.05) is 5.57 Å². The Morgan fingerprint density at radius 3 is 2.30 bits per heavy atom. The number of rotatable bonds is 5. The number of hydrogen-bond donors (Lipinski definition) is 0. The first-order chi connectivity index (χ1) is 9.35. The van der Waals surface area contributed by atoms with Crippen molar-refractivity contribution in [2.45, 2.75) is 34.3 Å². The van der Waals surface area contributed by atoms with Crippen molar-refractivity contribution in [3.8, 4) is 5.75 Å². The van der Waals surface area contributed by atoms with Crippen LogP contribution in [0.25, 0.3) is 6.08 Å². The lowest BCUT2D eigenvalue weighted by molar-refractivity contribution is -0.138. The molecule has 0 aliphatic rings. The van der Waals surface area contributed by atoms with Crippen molar-refractivity contribution in [1.29, 1.82) is 0 Å². The number of ether oxygens (including phenoxy) is 2. The van der Waals surface area contributed by atoms with E-state index in [-0.39, 0.29) is 5.75 Å². The van der Waals surface area contributed by atoms with E-state index in [1.54, 1.807) is 45.9 Å². The van der Waals surface area contributed by atoms with Crippen molar-refractivity contribution >= 4 is 12.0 Å². The Morgan fingerprint density at radius 1 is 1.30 bits per heavy atom. The van der Waals surface area contributed by atoms with Gasteiger partial charge >= 0.3 is 12.6 Å². The van der Waals surface area contributed by atoms with Gasteiger partial charge in [-0.15, -0.1) is 0 Å². The van der Waals surface area contributed by atoms with Crippen LogP contribution in [0.4, 0.5) is 8.78 Å². The Labute approximate surface area is 117 Å². The number of carbonyl (C=O) groups excluding carboxylic acids is 1. The van der Waals surface area contributed by atoms with E-state index in [4.69, 9.17) is 4.74 Å². The SMILES string of the molecule is CCOC(=O)/C(C)=C/c1cc(C)c(OC(F)F)c(C)c1. The lowest BCUT2D eigenvalue weighted by atomic mass is 10.0. The van der Waals surface area contributed by atoms with Gasteiger partial charge in [-0.3, -0.25) is 0 Å². The molecule has 1 rings (SSSR count). The molecule has 0 aliphatic heterocycles. The average Bonchev–Trinajstić information content (AvgIpc) is 2.34. The standard InChI is InChI=1S/C15H18F2O3/c1-5-19-14(18)11(4)8-12-6-9(2)13(10(3)7-12)20-15(16)17/h6-8,15H,5H2,1-4H3/b11-8+. The molecule has 0 bridgehead atoms. The molecule has 0 heterocycles. The second-order valence-corrected chi connectivity index (χ2v) is 4.41. The van der Waals surface area contributed by atoms with Crippen molar-refractivity contribution in [3.63, 3.8) is 0 Å². The maximum Gasteiger partial charge on any atom is 0.387 e. The normalized spacial score (nSPS) is 11.7. The number of benzene rings is 1. The van der Waals surface area contributed by atoms with Crippen LogP contribution < -0.4 is 4.74 Å². The third-order valence-electron chi connectivity index (χ3n) is 2.67. The summed E-state index contributed by atoms with van der Waals surface area (Å²) < 4.78 is 33.9. The van der Waals surface area contributed by atoms with Crippen LogP contribution in [-0.4, -0.2) is 19.2 Å². The molecule has 110 valence electrons. The smallest absolute Gasteiger partial charge is 0.387 e. The van der Waals surface area contributed by atoms with Gasteiger partial charge in [-0.1, -0.05) is 0 Å². The van der Waals surface area contributed by atoms with Crippen molar-refractivity contribution in [3.05, 3.63) is 34.4 Å². The molecule has 5 heteroatoms. The number of halogens is 2. The summed E-state index contributed by atoms with van der Waals surface area (Å²) in [7, 11) is 0. The summed E-state index contributed by atoms with van der Waals surface area (Å²) in [5.41, 5.74) is 2.38. The fourth-order valence-electron chi connectivity index (χ4n) is 1.90. The second kappa shape index (κ2) is 7.03. The van der Waals surface area contributed by atoms with E-state index in [0.29, 0.717) is 23.3 Å². The third-order valence-corrected chi connectivity index (χ3v) is 2.67. The highest BCUT2D eigenvalue weighted by Gasteiger charge is 2.12. The van der Waals surface area contributed by atoms with Crippen LogP contribution in [0.1, 0.15) is 30.5 Å². The van der Waals surface area contributed by atoms with Gasteiger partial charge in [0.15, 0.2) is 0 Å². The van der Waals surface area contributed by atoms with Crippen LogP contribution in [0.5, 0.6) is 5.75 Å². The number of carbonyl (C=O) groups is 1. The average molecular weight is 284 g/mol. The molecule has 3 nitrogen and oxygen atoms in total. The maximum absolute atomic E-state index is 12.3. The zero-order valence-corrected chi connectivity index (χ0v) is 12.0. The molecule has 0 spiro atoms. The highest BCUT2D eigenvalue weighted by atomic mass is 19.3. The van der Waals surface area contributed by atoms with Crippen LogP contribution in [-0.2, 0) is 9.53 Å². The lowest BCUT2D eigenvalue weighted by Gasteiger charge is -2.12. The largest absolute Gasteiger partial charge is 0.463 e. The van der Waals surface area contributed by atoms with Gasteiger partial charge in [0.25, 0.3) is 0 Å². The number of esters is 1. The van der Waals surface area contributed by atoms with Crippen LogP contribution in [0.2, 0.25) is 0 Å². The van der Waals surface area contributed by atoms with Crippen LogP contribution in [0, 0.1) is 13.8 Å². The molecular weight excluding hydrogens is 266 g/mol. The summed E-state index contributed by atoms with van der Waals surface area (Å²) in [6.45, 7) is 4.20. The molecule has 0 aromatic heterocycles. The van der Waals surface area contributed by atoms with Gasteiger partial charge in [-0.25, -0.2) is 4.79 Å². The van der Waals surface area contributed by atoms with Gasteiger partial charge in [-0.2, -0.15) is 8.78 Å². The Morgan fingerprint density at radius 2 is 1.85 bits per heavy atom. The van der Waals surface area contributed by atoms with Gasteiger partial charge in [-0.05, 0) is 62.6 Å². The fraction of sp³-hybridized carbons (Fsp3) is 0.400. The Hall–Kier alpha value is -1.91. The highest BCUT2D eigenvalue weighted by molar-refractivity contribution is 5.93.